The highest BCUT2D eigenvalue weighted by atomic mass is 16.5. The Labute approximate surface area is 102 Å². The second-order valence-electron chi connectivity index (χ2n) is 3.99. The largest absolute Gasteiger partial charge is 0.481 e. The smallest absolute Gasteiger partial charge is 0.315 e. The first-order chi connectivity index (χ1) is 8.01. The lowest BCUT2D eigenvalue weighted by molar-refractivity contribution is -0.141. The Hall–Kier alpha value is -1.30. The molecule has 0 fully saturated rings. The molecule has 0 aromatic rings. The van der Waals surface area contributed by atoms with Gasteiger partial charge in [0.15, 0.2) is 0 Å². The zero-order chi connectivity index (χ0) is 13.3. The molecule has 0 aliphatic heterocycles. The van der Waals surface area contributed by atoms with Gasteiger partial charge in [-0.05, 0) is 12.8 Å². The van der Waals surface area contributed by atoms with E-state index in [0.29, 0.717) is 19.6 Å². The highest BCUT2D eigenvalue weighted by Crippen LogP contribution is 1.99. The third-order valence-electron chi connectivity index (χ3n) is 2.48. The molecule has 0 spiro atoms. The van der Waals surface area contributed by atoms with Gasteiger partial charge in [-0.1, -0.05) is 13.8 Å². The number of aliphatic carboxylic acids is 1. The second-order valence-corrected chi connectivity index (χ2v) is 3.99. The Morgan fingerprint density at radius 2 is 2.06 bits per heavy atom. The minimum absolute atomic E-state index is 0.0168. The lowest BCUT2D eigenvalue weighted by Crippen LogP contribution is -2.44. The molecule has 0 aliphatic carbocycles. The normalized spacial score (nSPS) is 13.8. The van der Waals surface area contributed by atoms with E-state index in [1.165, 1.54) is 0 Å². The van der Waals surface area contributed by atoms with Gasteiger partial charge in [0, 0.05) is 13.7 Å². The van der Waals surface area contributed by atoms with Gasteiger partial charge in [0.05, 0.1) is 18.6 Å². The van der Waals surface area contributed by atoms with Crippen LogP contribution < -0.4 is 10.6 Å². The first-order valence-electron chi connectivity index (χ1n) is 5.77. The molecular weight excluding hydrogens is 224 g/mol. The van der Waals surface area contributed by atoms with Crippen molar-refractivity contribution in [3.05, 3.63) is 0 Å². The maximum atomic E-state index is 11.4. The number of nitrogens with one attached hydrogen (secondary N) is 2. The molecule has 2 amide bonds. The summed E-state index contributed by atoms with van der Waals surface area (Å²) in [6, 6.07) is -0.302. The number of urea groups is 1. The topological polar surface area (TPSA) is 87.7 Å². The van der Waals surface area contributed by atoms with Crippen LogP contribution in [-0.2, 0) is 9.53 Å². The van der Waals surface area contributed by atoms with E-state index in [4.69, 9.17) is 9.84 Å². The van der Waals surface area contributed by atoms with E-state index < -0.39 is 11.9 Å². The van der Waals surface area contributed by atoms with Crippen molar-refractivity contribution in [1.29, 1.82) is 0 Å². The average Bonchev–Trinajstić information content (AvgIpc) is 2.28. The lowest BCUT2D eigenvalue weighted by Gasteiger charge is -2.16. The molecule has 0 bridgehead atoms. The monoisotopic (exact) mass is 246 g/mol. The fraction of sp³-hybridized carbons (Fsp3) is 0.818. The summed E-state index contributed by atoms with van der Waals surface area (Å²) in [5.74, 6) is -1.30. The van der Waals surface area contributed by atoms with Crippen molar-refractivity contribution < 1.29 is 19.4 Å². The standard InChI is InChI=1S/C11H22N2O4/c1-4-9(7-17-3)13-11(16)12-6-5-8(2)10(14)15/h8-9H,4-7H2,1-3H3,(H,14,15)(H2,12,13,16). The van der Waals surface area contributed by atoms with Crippen molar-refractivity contribution in [3.63, 3.8) is 0 Å². The van der Waals surface area contributed by atoms with Gasteiger partial charge >= 0.3 is 12.0 Å². The number of methoxy groups -OCH3 is 1. The zero-order valence-corrected chi connectivity index (χ0v) is 10.7. The van der Waals surface area contributed by atoms with E-state index >= 15 is 0 Å². The number of hydrogen-bond acceptors (Lipinski definition) is 3. The predicted molar refractivity (Wildman–Crippen MR) is 63.9 cm³/mol. The molecule has 0 aromatic carbocycles. The van der Waals surface area contributed by atoms with Crippen LogP contribution in [0.4, 0.5) is 4.79 Å². The van der Waals surface area contributed by atoms with Crippen molar-refractivity contribution in [2.75, 3.05) is 20.3 Å². The molecule has 6 heteroatoms. The van der Waals surface area contributed by atoms with Gasteiger partial charge in [-0.25, -0.2) is 4.79 Å². The summed E-state index contributed by atoms with van der Waals surface area (Å²) in [5.41, 5.74) is 0. The van der Waals surface area contributed by atoms with E-state index in [2.05, 4.69) is 10.6 Å². The van der Waals surface area contributed by atoms with Crippen molar-refractivity contribution >= 4 is 12.0 Å². The van der Waals surface area contributed by atoms with E-state index in [0.717, 1.165) is 6.42 Å². The van der Waals surface area contributed by atoms with Crippen LogP contribution in [-0.4, -0.2) is 43.4 Å². The van der Waals surface area contributed by atoms with Gasteiger partial charge in [-0.15, -0.1) is 0 Å². The molecule has 0 saturated carbocycles. The minimum Gasteiger partial charge on any atom is -0.481 e. The summed E-state index contributed by atoms with van der Waals surface area (Å²) in [4.78, 5) is 22.0. The van der Waals surface area contributed by atoms with E-state index in [9.17, 15) is 9.59 Å². The quantitative estimate of drug-likeness (QED) is 0.591. The van der Waals surface area contributed by atoms with Crippen LogP contribution in [0.1, 0.15) is 26.7 Å². The van der Waals surface area contributed by atoms with Crippen LogP contribution in [0.15, 0.2) is 0 Å². The van der Waals surface area contributed by atoms with Gasteiger partial charge in [-0.3, -0.25) is 4.79 Å². The van der Waals surface area contributed by atoms with E-state index in [-0.39, 0.29) is 12.1 Å². The van der Waals surface area contributed by atoms with Gasteiger partial charge in [0.25, 0.3) is 0 Å². The first-order valence-corrected chi connectivity index (χ1v) is 5.77. The molecule has 100 valence electrons. The van der Waals surface area contributed by atoms with Crippen LogP contribution in [0.5, 0.6) is 0 Å². The van der Waals surface area contributed by atoms with Crippen LogP contribution in [0.3, 0.4) is 0 Å². The number of carboxylic acid groups (broad SMARTS) is 1. The first kappa shape index (κ1) is 15.7. The maximum Gasteiger partial charge on any atom is 0.315 e. The molecule has 0 aromatic heterocycles. The molecule has 6 nitrogen and oxygen atoms in total. The third-order valence-corrected chi connectivity index (χ3v) is 2.48. The fourth-order valence-electron chi connectivity index (χ4n) is 1.22. The highest BCUT2D eigenvalue weighted by molar-refractivity contribution is 5.74. The Morgan fingerprint density at radius 1 is 1.41 bits per heavy atom. The molecule has 0 heterocycles. The predicted octanol–water partition coefficient (Wildman–Crippen LogP) is 0.821. The van der Waals surface area contributed by atoms with Crippen molar-refractivity contribution in [1.82, 2.24) is 10.6 Å². The number of carbonyl (C=O) groups excluding carboxylic acids is 1. The fourth-order valence-corrected chi connectivity index (χ4v) is 1.22. The van der Waals surface area contributed by atoms with Gasteiger partial charge in [-0.2, -0.15) is 0 Å². The molecule has 2 atom stereocenters. The third kappa shape index (κ3) is 7.57. The molecule has 0 aliphatic rings. The summed E-state index contributed by atoms with van der Waals surface area (Å²) in [5, 5.41) is 14.0. The summed E-state index contributed by atoms with van der Waals surface area (Å²) < 4.78 is 4.95. The average molecular weight is 246 g/mol. The van der Waals surface area contributed by atoms with Crippen molar-refractivity contribution in [3.8, 4) is 0 Å². The summed E-state index contributed by atoms with van der Waals surface area (Å²) >= 11 is 0. The van der Waals surface area contributed by atoms with Crippen LogP contribution in [0.25, 0.3) is 0 Å². The molecule has 0 saturated heterocycles. The molecule has 17 heavy (non-hydrogen) atoms. The van der Waals surface area contributed by atoms with Gasteiger partial charge in [0.2, 0.25) is 0 Å². The van der Waals surface area contributed by atoms with Crippen molar-refractivity contribution in [2.45, 2.75) is 32.7 Å². The Balaban J connectivity index is 3.75. The number of amides is 2. The second kappa shape index (κ2) is 8.81. The molecule has 0 radical (unpaired) electrons. The summed E-state index contributed by atoms with van der Waals surface area (Å²) in [6.07, 6.45) is 1.20. The molecule has 0 rings (SSSR count). The van der Waals surface area contributed by atoms with Crippen LogP contribution >= 0.6 is 0 Å². The zero-order valence-electron chi connectivity index (χ0n) is 10.7. The molecule has 2 unspecified atom stereocenters. The number of hydrogen-bond donors (Lipinski definition) is 3. The van der Waals surface area contributed by atoms with Crippen LogP contribution in [0.2, 0.25) is 0 Å². The lowest BCUT2D eigenvalue weighted by atomic mass is 10.1. The highest BCUT2D eigenvalue weighted by Gasteiger charge is 2.12. The van der Waals surface area contributed by atoms with E-state index in [1.54, 1.807) is 14.0 Å². The Bertz CT molecular complexity index is 246. The van der Waals surface area contributed by atoms with Gasteiger partial charge in [0.1, 0.15) is 0 Å². The molecular formula is C11H22N2O4. The number of ether oxygens (including phenoxy) is 1. The maximum absolute atomic E-state index is 11.4. The Morgan fingerprint density at radius 3 is 2.53 bits per heavy atom. The number of carboxylic acids is 1. The molecule has 3 N–H and O–H groups in total. The minimum atomic E-state index is -0.849. The van der Waals surface area contributed by atoms with Crippen molar-refractivity contribution in [2.24, 2.45) is 5.92 Å². The Kier molecular flexibility index (Phi) is 8.13. The van der Waals surface area contributed by atoms with Gasteiger partial charge < -0.3 is 20.5 Å². The summed E-state index contributed by atoms with van der Waals surface area (Å²) in [7, 11) is 1.58. The SMILES string of the molecule is CCC(COC)NC(=O)NCCC(C)C(=O)O. The summed E-state index contributed by atoms with van der Waals surface area (Å²) in [6.45, 7) is 4.39. The number of rotatable bonds is 8. The number of carbonyl (C=O) groups is 2. The van der Waals surface area contributed by atoms with E-state index in [1.807, 2.05) is 6.92 Å². The van der Waals surface area contributed by atoms with Crippen LogP contribution in [0, 0.1) is 5.92 Å².